The summed E-state index contributed by atoms with van der Waals surface area (Å²) in [5.41, 5.74) is 0.642. The Bertz CT molecular complexity index is 726. The van der Waals surface area contributed by atoms with Gasteiger partial charge in [-0.25, -0.2) is 8.78 Å². The Balaban J connectivity index is 1.85. The number of carbonyl (C=O) groups excluding carboxylic acids is 1. The number of aromatic nitrogens is 1. The van der Waals surface area contributed by atoms with E-state index in [1.807, 2.05) is 6.07 Å². The molecule has 132 valence electrons. The third-order valence-electron chi connectivity index (χ3n) is 4.10. The average molecular weight is 348 g/mol. The molecule has 1 atom stereocenters. The van der Waals surface area contributed by atoms with Gasteiger partial charge in [-0.05, 0) is 36.6 Å². The maximum absolute atomic E-state index is 13.6. The first kappa shape index (κ1) is 17.3. The van der Waals surface area contributed by atoms with Gasteiger partial charge in [0.2, 0.25) is 0 Å². The number of pyridine rings is 1. The van der Waals surface area contributed by atoms with Crippen LogP contribution in [0.25, 0.3) is 0 Å². The van der Waals surface area contributed by atoms with E-state index in [1.165, 1.54) is 4.90 Å². The molecule has 3 rings (SSSR count). The molecule has 0 spiro atoms. The van der Waals surface area contributed by atoms with Gasteiger partial charge in [-0.3, -0.25) is 9.78 Å². The van der Waals surface area contributed by atoms with E-state index in [1.54, 1.807) is 18.5 Å². The summed E-state index contributed by atoms with van der Waals surface area (Å²) in [5.74, 6) is -3.95. The van der Waals surface area contributed by atoms with Crippen LogP contribution in [0.2, 0.25) is 0 Å². The van der Waals surface area contributed by atoms with Crippen LogP contribution in [-0.4, -0.2) is 40.2 Å². The first-order chi connectivity index (χ1) is 12.0. The highest BCUT2D eigenvalue weighted by Gasteiger charge is 2.25. The minimum absolute atomic E-state index is 0.104. The monoisotopic (exact) mass is 348 g/mol. The van der Waals surface area contributed by atoms with Crippen LogP contribution in [0.4, 0.5) is 8.78 Å². The lowest BCUT2D eigenvalue weighted by molar-refractivity contribution is 0.0506. The fourth-order valence-electron chi connectivity index (χ4n) is 2.84. The van der Waals surface area contributed by atoms with E-state index in [4.69, 9.17) is 4.74 Å². The maximum atomic E-state index is 13.6. The molecule has 0 bridgehead atoms. The molecule has 0 aliphatic carbocycles. The first-order valence-electron chi connectivity index (χ1n) is 8.02. The Hall–Kier alpha value is -2.54. The lowest BCUT2D eigenvalue weighted by atomic mass is 10.1. The lowest BCUT2D eigenvalue weighted by Gasteiger charge is -2.25. The molecule has 1 aromatic heterocycles. The van der Waals surface area contributed by atoms with E-state index in [0.29, 0.717) is 13.2 Å². The summed E-state index contributed by atoms with van der Waals surface area (Å²) >= 11 is 0. The molecule has 1 amide bonds. The minimum atomic E-state index is -1.17. The topological polar surface area (TPSA) is 62.7 Å². The highest BCUT2D eigenvalue weighted by molar-refractivity contribution is 5.94. The van der Waals surface area contributed by atoms with Crippen LogP contribution in [0.3, 0.4) is 0 Å². The van der Waals surface area contributed by atoms with Crippen LogP contribution in [0, 0.1) is 11.6 Å². The molecule has 1 unspecified atom stereocenters. The summed E-state index contributed by atoms with van der Waals surface area (Å²) in [4.78, 5) is 18.3. The number of hydrogen-bond donors (Lipinski definition) is 1. The summed E-state index contributed by atoms with van der Waals surface area (Å²) < 4.78 is 32.8. The molecule has 2 aromatic rings. The molecule has 1 fully saturated rings. The summed E-state index contributed by atoms with van der Waals surface area (Å²) in [6.45, 7) is 1.20. The van der Waals surface area contributed by atoms with Crippen LogP contribution < -0.4 is 0 Å². The van der Waals surface area contributed by atoms with E-state index >= 15 is 0 Å². The van der Waals surface area contributed by atoms with Crippen LogP contribution >= 0.6 is 0 Å². The number of aromatic hydroxyl groups is 1. The van der Waals surface area contributed by atoms with Crippen molar-refractivity contribution in [3.8, 4) is 5.75 Å². The minimum Gasteiger partial charge on any atom is -0.503 e. The normalized spacial score (nSPS) is 16.8. The van der Waals surface area contributed by atoms with Gasteiger partial charge in [0.15, 0.2) is 17.4 Å². The van der Waals surface area contributed by atoms with Crippen molar-refractivity contribution in [2.75, 3.05) is 13.2 Å². The predicted molar refractivity (Wildman–Crippen MR) is 86.0 cm³/mol. The quantitative estimate of drug-likeness (QED) is 0.902. The predicted octanol–water partition coefficient (Wildman–Crippen LogP) is 2.89. The number of benzene rings is 1. The molecule has 1 aliphatic rings. The van der Waals surface area contributed by atoms with Gasteiger partial charge in [-0.15, -0.1) is 0 Å². The molecule has 5 nitrogen and oxygen atoms in total. The van der Waals surface area contributed by atoms with Gasteiger partial charge in [0.25, 0.3) is 5.91 Å². The van der Waals surface area contributed by atoms with Crippen LogP contribution in [0.5, 0.6) is 5.75 Å². The van der Waals surface area contributed by atoms with E-state index in [0.717, 1.165) is 30.5 Å². The number of carbonyl (C=O) groups is 1. The van der Waals surface area contributed by atoms with Crippen LogP contribution in [0.1, 0.15) is 28.8 Å². The molecule has 2 heterocycles. The van der Waals surface area contributed by atoms with Crippen molar-refractivity contribution in [2.45, 2.75) is 25.5 Å². The molecule has 25 heavy (non-hydrogen) atoms. The Labute approximate surface area is 143 Å². The Morgan fingerprint density at radius 2 is 2.12 bits per heavy atom. The second kappa shape index (κ2) is 7.57. The van der Waals surface area contributed by atoms with Crippen molar-refractivity contribution in [2.24, 2.45) is 0 Å². The Morgan fingerprint density at radius 1 is 1.36 bits per heavy atom. The van der Waals surface area contributed by atoms with Gasteiger partial charge in [0, 0.05) is 37.7 Å². The Morgan fingerprint density at radius 3 is 2.72 bits per heavy atom. The second-order valence-corrected chi connectivity index (χ2v) is 5.97. The van der Waals surface area contributed by atoms with Crippen molar-refractivity contribution in [1.29, 1.82) is 0 Å². The maximum Gasteiger partial charge on any atom is 0.254 e. The van der Waals surface area contributed by atoms with Gasteiger partial charge in [0.1, 0.15) is 0 Å². The molecule has 1 aromatic carbocycles. The summed E-state index contributed by atoms with van der Waals surface area (Å²) in [7, 11) is 0. The van der Waals surface area contributed by atoms with Crippen molar-refractivity contribution in [3.05, 3.63) is 59.4 Å². The van der Waals surface area contributed by atoms with Crippen molar-refractivity contribution in [3.63, 3.8) is 0 Å². The molecule has 1 aliphatic heterocycles. The molecular weight excluding hydrogens is 330 g/mol. The number of ether oxygens (including phenoxy) is 1. The number of hydrogen-bond acceptors (Lipinski definition) is 4. The second-order valence-electron chi connectivity index (χ2n) is 5.97. The molecule has 0 saturated carbocycles. The van der Waals surface area contributed by atoms with Gasteiger partial charge >= 0.3 is 0 Å². The zero-order valence-corrected chi connectivity index (χ0v) is 13.5. The van der Waals surface area contributed by atoms with E-state index in [2.05, 4.69) is 4.98 Å². The van der Waals surface area contributed by atoms with Crippen molar-refractivity contribution >= 4 is 5.91 Å². The smallest absolute Gasteiger partial charge is 0.254 e. The van der Waals surface area contributed by atoms with E-state index in [-0.39, 0.29) is 18.2 Å². The summed E-state index contributed by atoms with van der Waals surface area (Å²) in [6.07, 6.45) is 4.90. The molecule has 7 heteroatoms. The third-order valence-corrected chi connectivity index (χ3v) is 4.10. The fraction of sp³-hybridized carbons (Fsp3) is 0.333. The van der Waals surface area contributed by atoms with Crippen molar-refractivity contribution < 1.29 is 23.4 Å². The molecule has 1 N–H and O–H groups in total. The van der Waals surface area contributed by atoms with Crippen molar-refractivity contribution in [1.82, 2.24) is 9.88 Å². The molecule has 1 saturated heterocycles. The number of phenols is 1. The van der Waals surface area contributed by atoms with E-state index in [9.17, 15) is 18.7 Å². The molecule has 0 radical (unpaired) electrons. The van der Waals surface area contributed by atoms with E-state index < -0.39 is 23.3 Å². The van der Waals surface area contributed by atoms with Gasteiger partial charge in [-0.1, -0.05) is 6.07 Å². The standard InChI is InChI=1S/C18H18F2N2O3/c19-15-7-13(8-16(20)17(15)23)18(24)22(11-14-4-2-6-25-14)10-12-3-1-5-21-9-12/h1,3,5,7-9,14,23H,2,4,6,10-11H2. The average Bonchev–Trinajstić information content (AvgIpc) is 3.12. The zero-order chi connectivity index (χ0) is 17.8. The first-order valence-corrected chi connectivity index (χ1v) is 8.02. The largest absolute Gasteiger partial charge is 0.503 e. The SMILES string of the molecule is O=C(c1cc(F)c(O)c(F)c1)N(Cc1cccnc1)CC1CCCO1. The number of halogens is 2. The number of phenolic OH excluding ortho intramolecular Hbond substituents is 1. The zero-order valence-electron chi connectivity index (χ0n) is 13.5. The number of amides is 1. The Kier molecular flexibility index (Phi) is 5.23. The third kappa shape index (κ3) is 4.11. The number of rotatable bonds is 5. The van der Waals surface area contributed by atoms with Gasteiger partial charge in [0.05, 0.1) is 6.10 Å². The number of nitrogens with zero attached hydrogens (tertiary/aromatic N) is 2. The highest BCUT2D eigenvalue weighted by Crippen LogP contribution is 2.23. The van der Waals surface area contributed by atoms with Gasteiger partial charge < -0.3 is 14.7 Å². The highest BCUT2D eigenvalue weighted by atomic mass is 19.1. The lowest BCUT2D eigenvalue weighted by Crippen LogP contribution is -2.37. The van der Waals surface area contributed by atoms with Crippen LogP contribution in [0.15, 0.2) is 36.7 Å². The van der Waals surface area contributed by atoms with Crippen LogP contribution in [-0.2, 0) is 11.3 Å². The fourth-order valence-corrected chi connectivity index (χ4v) is 2.84. The summed E-state index contributed by atoms with van der Waals surface area (Å²) in [5, 5.41) is 9.21. The molecular formula is C18H18F2N2O3. The summed E-state index contributed by atoms with van der Waals surface area (Å²) in [6, 6.07) is 5.25. The van der Waals surface area contributed by atoms with Gasteiger partial charge in [-0.2, -0.15) is 0 Å².